The van der Waals surface area contributed by atoms with Crippen LogP contribution in [0.4, 0.5) is 0 Å². The first-order chi connectivity index (χ1) is 42.2. The van der Waals surface area contributed by atoms with Gasteiger partial charge in [-0.25, -0.2) is 54.2 Å². The summed E-state index contributed by atoms with van der Waals surface area (Å²) >= 11 is 3.18. The molecule has 0 fully saturated rings. The number of aromatic nitrogens is 1. The van der Waals surface area contributed by atoms with Gasteiger partial charge in [0.25, 0.3) is 23.6 Å². The van der Waals surface area contributed by atoms with E-state index in [2.05, 4.69) is 58.5 Å². The van der Waals surface area contributed by atoms with Gasteiger partial charge in [0, 0.05) is 28.9 Å². The summed E-state index contributed by atoms with van der Waals surface area (Å²) in [6, 6.07) is 30.1. The van der Waals surface area contributed by atoms with E-state index in [-0.39, 0.29) is 72.4 Å². The van der Waals surface area contributed by atoms with E-state index in [1.807, 2.05) is 63.2 Å². The van der Waals surface area contributed by atoms with Crippen molar-refractivity contribution in [2.45, 2.75) is 129 Å². The van der Waals surface area contributed by atoms with Crippen LogP contribution in [0.2, 0.25) is 0 Å². The summed E-state index contributed by atoms with van der Waals surface area (Å²) in [6.45, 7) is 9.84. The summed E-state index contributed by atoms with van der Waals surface area (Å²) in [5, 5.41) is 35.2. The standard InChI is InChI=1S/C16H19N3O3S.C16H18N2O3S2.2C15H16N2O3S2/c1-10-3-5-13-11(7-10)4-6-14(13)18-16(20)15-8-12(9-19(15)2)23(17,21)22;1-9-3-5-12-11(7-9)4-6-13(12)18-16(19)14-8-15(10(2)22-14)23(17,20)21;1-9-2-4-12-10(6-9)3-5-13(12)17-15(18)14-7-11(8-21-14)22(16,19)20;1-9-2-4-12-10(6-9)3-5-13(12)17-15(18)11-7-14(21-8-11)22(16,19)20/h3,5,7-9,14H,4,6H2,1-2H3,(H,18,20)(H2,17,21,22);3,5,7-8,13H,4,6H2,1-2H3,(H,18,19)(H2,17,20,21);2*2,4,6-8,13H,3,5H2,1H3,(H,17,18)(H2,16,19,20)/t14-;3*13-/m1111/s1. The maximum absolute atomic E-state index is 12.5. The molecular formula is C62H69N9O12S7. The summed E-state index contributed by atoms with van der Waals surface area (Å²) < 4.78 is 92.3. The Hall–Kier alpha value is -7.22. The number of sulfonamides is 4. The van der Waals surface area contributed by atoms with Gasteiger partial charge < -0.3 is 25.8 Å². The lowest BCUT2D eigenvalue weighted by Crippen LogP contribution is -2.28. The third-order valence-electron chi connectivity index (χ3n) is 15.9. The van der Waals surface area contributed by atoms with Crippen molar-refractivity contribution in [3.8, 4) is 0 Å². The Labute approximate surface area is 535 Å². The number of thiophene rings is 3. The molecule has 0 spiro atoms. The summed E-state index contributed by atoms with van der Waals surface area (Å²) in [7, 11) is -13.5. The first-order valence-corrected chi connectivity index (χ1v) is 37.1. The van der Waals surface area contributed by atoms with Gasteiger partial charge in [-0.05, 0) is 155 Å². The molecule has 4 aromatic heterocycles. The molecule has 0 unspecified atom stereocenters. The second-order valence-electron chi connectivity index (χ2n) is 22.8. The predicted molar refractivity (Wildman–Crippen MR) is 347 cm³/mol. The van der Waals surface area contributed by atoms with Crippen LogP contribution >= 0.6 is 34.0 Å². The van der Waals surface area contributed by atoms with Crippen molar-refractivity contribution in [1.29, 1.82) is 0 Å². The number of fused-ring (bicyclic) bond motifs is 4. The van der Waals surface area contributed by atoms with Crippen LogP contribution in [-0.2, 0) is 72.8 Å². The van der Waals surface area contributed by atoms with E-state index < -0.39 is 40.1 Å². The number of carbonyl (C=O) groups excluding carboxylic acids is 4. The second kappa shape index (κ2) is 26.9. The maximum Gasteiger partial charge on any atom is 0.268 e. The zero-order chi connectivity index (χ0) is 65.4. The van der Waals surface area contributed by atoms with Gasteiger partial charge in [0.05, 0.1) is 49.3 Å². The Balaban J connectivity index is 0.000000142. The lowest BCUT2D eigenvalue weighted by atomic mass is 10.1. The van der Waals surface area contributed by atoms with Crippen LogP contribution in [-0.4, -0.2) is 61.9 Å². The van der Waals surface area contributed by atoms with E-state index in [0.717, 1.165) is 108 Å². The molecule has 8 aromatic rings. The molecule has 90 heavy (non-hydrogen) atoms. The summed E-state index contributed by atoms with van der Waals surface area (Å²) in [5.41, 5.74) is 15.0. The van der Waals surface area contributed by atoms with Gasteiger partial charge in [-0.3, -0.25) is 19.2 Å². The van der Waals surface area contributed by atoms with E-state index in [0.29, 0.717) is 20.2 Å². The van der Waals surface area contributed by atoms with Gasteiger partial charge in [0.1, 0.15) is 14.8 Å². The Kier molecular flexibility index (Phi) is 20.1. The number of aryl methyl sites for hydroxylation is 10. The fourth-order valence-corrected chi connectivity index (χ4v) is 17.4. The van der Waals surface area contributed by atoms with Crippen molar-refractivity contribution in [3.63, 3.8) is 0 Å². The molecule has 0 aliphatic heterocycles. The molecular weight excluding hydrogens is 1290 g/mol. The van der Waals surface area contributed by atoms with Crippen LogP contribution in [0, 0.1) is 34.6 Å². The monoisotopic (exact) mass is 1360 g/mol. The highest BCUT2D eigenvalue weighted by Crippen LogP contribution is 2.37. The number of hydrogen-bond donors (Lipinski definition) is 8. The number of nitrogens with one attached hydrogen (secondary N) is 4. The quantitative estimate of drug-likeness (QED) is 0.0575. The van der Waals surface area contributed by atoms with Gasteiger partial charge in [-0.1, -0.05) is 95.1 Å². The van der Waals surface area contributed by atoms with Crippen LogP contribution in [0.5, 0.6) is 0 Å². The molecule has 12 rings (SSSR count). The molecule has 4 aliphatic rings. The van der Waals surface area contributed by atoms with Gasteiger partial charge in [0.2, 0.25) is 40.1 Å². The molecule has 4 atom stereocenters. The number of amides is 4. The Bertz CT molecular complexity index is 4470. The van der Waals surface area contributed by atoms with Crippen LogP contribution < -0.4 is 41.8 Å². The van der Waals surface area contributed by atoms with Crippen LogP contribution in [0.1, 0.15) is 162 Å². The fraction of sp³-hybridized carbons (Fsp3) is 0.290. The molecule has 4 aliphatic carbocycles. The van der Waals surface area contributed by atoms with Crippen molar-refractivity contribution in [2.24, 2.45) is 27.6 Å². The first-order valence-electron chi connectivity index (χ1n) is 28.4. The molecule has 4 aromatic carbocycles. The third-order valence-corrected chi connectivity index (χ3v) is 23.4. The number of primary sulfonamides is 4. The average Bonchev–Trinajstić information content (AvgIpc) is 1.95. The maximum atomic E-state index is 12.5. The van der Waals surface area contributed by atoms with Crippen molar-refractivity contribution in [1.82, 2.24) is 25.8 Å². The minimum Gasteiger partial charge on any atom is -0.345 e. The van der Waals surface area contributed by atoms with Crippen LogP contribution in [0.15, 0.2) is 133 Å². The number of benzene rings is 4. The number of nitrogens with zero attached hydrogens (tertiary/aromatic N) is 1. The second-order valence-corrected chi connectivity index (χ2v) is 32.3. The Morgan fingerprint density at radius 2 is 0.844 bits per heavy atom. The smallest absolute Gasteiger partial charge is 0.268 e. The third kappa shape index (κ3) is 16.1. The zero-order valence-corrected chi connectivity index (χ0v) is 55.7. The molecule has 0 radical (unpaired) electrons. The highest BCUT2D eigenvalue weighted by molar-refractivity contribution is 7.91. The normalized spacial score (nSPS) is 17.2. The molecule has 0 saturated heterocycles. The highest BCUT2D eigenvalue weighted by atomic mass is 32.2. The molecule has 12 N–H and O–H groups in total. The van der Waals surface area contributed by atoms with E-state index in [1.54, 1.807) is 14.0 Å². The molecule has 476 valence electrons. The van der Waals surface area contributed by atoms with E-state index >= 15 is 0 Å². The molecule has 4 heterocycles. The Morgan fingerprint density at radius 1 is 0.444 bits per heavy atom. The van der Waals surface area contributed by atoms with Gasteiger partial charge in [-0.15, -0.1) is 34.0 Å². The Morgan fingerprint density at radius 3 is 1.20 bits per heavy atom. The topological polar surface area (TPSA) is 362 Å². The van der Waals surface area contributed by atoms with Gasteiger partial charge in [0.15, 0.2) is 0 Å². The van der Waals surface area contributed by atoms with Crippen LogP contribution in [0.25, 0.3) is 0 Å². The minimum absolute atomic E-state index is 0.0000897. The molecule has 28 heteroatoms. The van der Waals surface area contributed by atoms with Crippen LogP contribution in [0.3, 0.4) is 0 Å². The summed E-state index contributed by atoms with van der Waals surface area (Å²) in [5.74, 6) is -1.10. The number of nitrogens with two attached hydrogens (primary N) is 4. The molecule has 21 nitrogen and oxygen atoms in total. The lowest BCUT2D eigenvalue weighted by Gasteiger charge is -2.14. The SMILES string of the molecule is Cc1ccc2c(c1)CC[C@H]2NC(=O)c1cc(S(N)(=O)=O)c(C)s1.Cc1ccc2c(c1)CC[C@H]2NC(=O)c1cc(S(N)(=O)=O)cn1C.Cc1ccc2c(c1)CC[C@H]2NC(=O)c1cc(S(N)(=O)=O)cs1.Cc1ccc2c(c1)CC[C@H]2NC(=O)c1csc(S(N)(=O)=O)c1. The zero-order valence-electron chi connectivity index (χ0n) is 49.9. The summed E-state index contributed by atoms with van der Waals surface area (Å²) in [4.78, 5) is 50.6. The van der Waals surface area contributed by atoms with Gasteiger partial charge >= 0.3 is 0 Å². The number of rotatable bonds is 12. The summed E-state index contributed by atoms with van der Waals surface area (Å²) in [6.07, 6.45) is 8.51. The van der Waals surface area contributed by atoms with E-state index in [9.17, 15) is 52.8 Å². The number of carbonyl (C=O) groups is 4. The van der Waals surface area contributed by atoms with E-state index in [1.165, 1.54) is 90.3 Å². The molecule has 4 amide bonds. The lowest BCUT2D eigenvalue weighted by molar-refractivity contribution is 0.0922. The fourth-order valence-electron chi connectivity index (χ4n) is 11.5. The molecule has 0 bridgehead atoms. The largest absolute Gasteiger partial charge is 0.345 e. The predicted octanol–water partition coefficient (Wildman–Crippen LogP) is 8.07. The van der Waals surface area contributed by atoms with Crippen molar-refractivity contribution >= 4 is 97.7 Å². The first kappa shape index (κ1) is 67.2. The van der Waals surface area contributed by atoms with Crippen molar-refractivity contribution in [3.05, 3.63) is 207 Å². The van der Waals surface area contributed by atoms with Crippen molar-refractivity contribution < 1.29 is 52.8 Å². The number of hydrogen-bond acceptors (Lipinski definition) is 15. The van der Waals surface area contributed by atoms with Gasteiger partial charge in [-0.2, -0.15) is 0 Å². The van der Waals surface area contributed by atoms with Crippen molar-refractivity contribution in [2.75, 3.05) is 0 Å². The highest BCUT2D eigenvalue weighted by Gasteiger charge is 2.30. The van der Waals surface area contributed by atoms with E-state index in [4.69, 9.17) is 20.6 Å². The molecule has 0 saturated carbocycles. The average molecular weight is 1360 g/mol. The minimum atomic E-state index is -3.82.